The van der Waals surface area contributed by atoms with Crippen molar-refractivity contribution in [3.8, 4) is 21.8 Å². The van der Waals surface area contributed by atoms with Crippen LogP contribution in [0.3, 0.4) is 0 Å². The first kappa shape index (κ1) is 19.8. The zero-order chi connectivity index (χ0) is 21.4. The van der Waals surface area contributed by atoms with Gasteiger partial charge in [-0.25, -0.2) is 9.98 Å². The highest BCUT2D eigenvalue weighted by Crippen LogP contribution is 2.40. The maximum absolute atomic E-state index is 6.39. The molecule has 2 aliphatic rings. The van der Waals surface area contributed by atoms with Gasteiger partial charge in [0.15, 0.2) is 0 Å². The van der Waals surface area contributed by atoms with Gasteiger partial charge in [0, 0.05) is 22.2 Å². The number of guanidine groups is 2. The van der Waals surface area contributed by atoms with Crippen LogP contribution >= 0.6 is 11.3 Å². The van der Waals surface area contributed by atoms with E-state index in [-0.39, 0.29) is 5.96 Å². The molecule has 0 radical (unpaired) electrons. The van der Waals surface area contributed by atoms with Gasteiger partial charge in [-0.1, -0.05) is 48.4 Å². The molecule has 31 heavy (non-hydrogen) atoms. The van der Waals surface area contributed by atoms with Crippen molar-refractivity contribution in [3.63, 3.8) is 0 Å². The summed E-state index contributed by atoms with van der Waals surface area (Å²) in [5.41, 5.74) is 17.4. The molecule has 158 valence electrons. The Bertz CT molecular complexity index is 1150. The molecule has 3 aromatic rings. The van der Waals surface area contributed by atoms with Gasteiger partial charge in [0.25, 0.3) is 0 Å². The van der Waals surface area contributed by atoms with E-state index in [1.807, 2.05) is 6.07 Å². The Hall–Kier alpha value is -3.19. The van der Waals surface area contributed by atoms with Gasteiger partial charge in [-0.3, -0.25) is 4.90 Å². The largest absolute Gasteiger partial charge is 0.369 e. The summed E-state index contributed by atoms with van der Waals surface area (Å²) >= 11 is 1.65. The summed E-state index contributed by atoms with van der Waals surface area (Å²) in [6.45, 7) is 2.09. The maximum Gasteiger partial charge on any atom is 0.220 e. The molecule has 1 fully saturated rings. The molecule has 0 atom stereocenters. The minimum Gasteiger partial charge on any atom is -0.369 e. The van der Waals surface area contributed by atoms with Crippen molar-refractivity contribution in [2.24, 2.45) is 21.5 Å². The van der Waals surface area contributed by atoms with Crippen LogP contribution in [0.5, 0.6) is 0 Å². The van der Waals surface area contributed by atoms with Gasteiger partial charge in [-0.2, -0.15) is 4.99 Å². The number of benzene rings is 2. The molecule has 2 aromatic carbocycles. The van der Waals surface area contributed by atoms with E-state index in [9.17, 15) is 0 Å². The number of aromatic nitrogens is 1. The normalized spacial score (nSPS) is 18.0. The van der Waals surface area contributed by atoms with E-state index < -0.39 is 5.66 Å². The second-order valence-corrected chi connectivity index (χ2v) is 9.13. The molecule has 1 aromatic heterocycles. The van der Waals surface area contributed by atoms with Crippen molar-refractivity contribution < 1.29 is 0 Å². The monoisotopic (exact) mass is 430 g/mol. The zero-order valence-electron chi connectivity index (χ0n) is 17.6. The van der Waals surface area contributed by atoms with Crippen molar-refractivity contribution in [1.29, 1.82) is 0 Å². The van der Waals surface area contributed by atoms with Crippen molar-refractivity contribution in [2.75, 3.05) is 4.90 Å². The van der Waals surface area contributed by atoms with Crippen LogP contribution in [0.15, 0.2) is 63.9 Å². The molecule has 6 nitrogen and oxygen atoms in total. The Morgan fingerprint density at radius 1 is 0.968 bits per heavy atom. The van der Waals surface area contributed by atoms with Crippen molar-refractivity contribution in [2.45, 2.75) is 44.7 Å². The number of nitrogens with two attached hydrogens (primary N) is 2. The van der Waals surface area contributed by atoms with E-state index in [1.165, 1.54) is 12.0 Å². The van der Waals surface area contributed by atoms with E-state index >= 15 is 0 Å². The summed E-state index contributed by atoms with van der Waals surface area (Å²) in [5, 5.41) is 3.09. The SMILES string of the molecule is Cc1ccc(-c2csc(-c3cccc(N4C(N)=NC(N)=NC45CCCCC5)c3)n2)cc1. The lowest BCUT2D eigenvalue weighted by Gasteiger charge is -2.45. The molecule has 2 heterocycles. The van der Waals surface area contributed by atoms with Gasteiger partial charge in [-0.05, 0) is 44.7 Å². The fourth-order valence-corrected chi connectivity index (χ4v) is 5.36. The quantitative estimate of drug-likeness (QED) is 0.618. The highest BCUT2D eigenvalue weighted by Gasteiger charge is 2.42. The van der Waals surface area contributed by atoms with Gasteiger partial charge in [0.1, 0.15) is 10.7 Å². The number of hydrogen-bond donors (Lipinski definition) is 2. The van der Waals surface area contributed by atoms with E-state index in [2.05, 4.69) is 64.7 Å². The first-order valence-corrected chi connectivity index (χ1v) is 11.5. The predicted molar refractivity (Wildman–Crippen MR) is 129 cm³/mol. The molecule has 5 rings (SSSR count). The second-order valence-electron chi connectivity index (χ2n) is 8.27. The predicted octanol–water partition coefficient (Wildman–Crippen LogP) is 4.90. The molecule has 1 aliphatic carbocycles. The Labute approximate surface area is 186 Å². The molecular formula is C24H26N6S. The number of nitrogens with zero attached hydrogens (tertiary/aromatic N) is 4. The molecule has 7 heteroatoms. The van der Waals surface area contributed by atoms with Crippen LogP contribution in [0.25, 0.3) is 21.8 Å². The average Bonchev–Trinajstić information content (AvgIpc) is 3.25. The minimum absolute atomic E-state index is 0.273. The summed E-state index contributed by atoms with van der Waals surface area (Å²) < 4.78 is 0. The van der Waals surface area contributed by atoms with Gasteiger partial charge < -0.3 is 11.5 Å². The third kappa shape index (κ3) is 3.70. The number of anilines is 1. The van der Waals surface area contributed by atoms with Crippen LogP contribution in [-0.4, -0.2) is 22.6 Å². The molecule has 4 N–H and O–H groups in total. The fraction of sp³-hybridized carbons (Fsp3) is 0.292. The van der Waals surface area contributed by atoms with Crippen LogP contribution in [0, 0.1) is 6.92 Å². The molecule has 1 saturated carbocycles. The lowest BCUT2D eigenvalue weighted by Crippen LogP contribution is -2.58. The van der Waals surface area contributed by atoms with Crippen LogP contribution in [0.2, 0.25) is 0 Å². The number of aliphatic imine (C=N–C) groups is 2. The van der Waals surface area contributed by atoms with E-state index in [1.54, 1.807) is 11.3 Å². The highest BCUT2D eigenvalue weighted by atomic mass is 32.1. The lowest BCUT2D eigenvalue weighted by atomic mass is 9.87. The van der Waals surface area contributed by atoms with E-state index in [4.69, 9.17) is 21.4 Å². The van der Waals surface area contributed by atoms with Crippen LogP contribution in [-0.2, 0) is 0 Å². The summed E-state index contributed by atoms with van der Waals surface area (Å²) in [6.07, 6.45) is 5.26. The molecule has 1 spiro atoms. The summed E-state index contributed by atoms with van der Waals surface area (Å²) in [6, 6.07) is 16.8. The van der Waals surface area contributed by atoms with Crippen LogP contribution < -0.4 is 16.4 Å². The summed E-state index contributed by atoms with van der Waals surface area (Å²) in [5.74, 6) is 0.681. The molecule has 0 unspecified atom stereocenters. The maximum atomic E-state index is 6.39. The number of hydrogen-bond acceptors (Lipinski definition) is 7. The third-order valence-corrected chi connectivity index (χ3v) is 6.95. The molecule has 0 amide bonds. The average molecular weight is 431 g/mol. The van der Waals surface area contributed by atoms with Gasteiger partial charge in [0.05, 0.1) is 5.69 Å². The molecule has 0 bridgehead atoms. The lowest BCUT2D eigenvalue weighted by molar-refractivity contribution is 0.305. The molecule has 1 aliphatic heterocycles. The van der Waals surface area contributed by atoms with E-state index in [0.717, 1.165) is 53.2 Å². The Morgan fingerprint density at radius 3 is 2.52 bits per heavy atom. The van der Waals surface area contributed by atoms with Crippen molar-refractivity contribution in [3.05, 3.63) is 59.5 Å². The first-order valence-electron chi connectivity index (χ1n) is 10.7. The minimum atomic E-state index is -0.442. The van der Waals surface area contributed by atoms with Crippen molar-refractivity contribution in [1.82, 2.24) is 4.98 Å². The summed E-state index contributed by atoms with van der Waals surface area (Å²) in [4.78, 5) is 16.0. The number of aryl methyl sites for hydroxylation is 1. The van der Waals surface area contributed by atoms with Gasteiger partial charge >= 0.3 is 0 Å². The third-order valence-electron chi connectivity index (χ3n) is 6.05. The van der Waals surface area contributed by atoms with Gasteiger partial charge in [-0.15, -0.1) is 11.3 Å². The van der Waals surface area contributed by atoms with Gasteiger partial charge in [0.2, 0.25) is 11.9 Å². The zero-order valence-corrected chi connectivity index (χ0v) is 18.4. The topological polar surface area (TPSA) is 92.9 Å². The summed E-state index contributed by atoms with van der Waals surface area (Å²) in [7, 11) is 0. The Kier molecular flexibility index (Phi) is 4.98. The fourth-order valence-electron chi connectivity index (χ4n) is 4.54. The van der Waals surface area contributed by atoms with Crippen LogP contribution in [0.1, 0.15) is 37.7 Å². The smallest absolute Gasteiger partial charge is 0.220 e. The van der Waals surface area contributed by atoms with E-state index in [0.29, 0.717) is 5.96 Å². The number of rotatable bonds is 3. The molecule has 0 saturated heterocycles. The number of thiazole rings is 1. The standard InChI is InChI=1S/C24H26N6S/c1-16-8-10-17(11-9-16)20-15-31-21(27-20)18-6-5-7-19(14-18)30-23(26)28-22(25)29-24(30)12-3-2-4-13-24/h5-11,14-15H,2-4,12-13H2,1H3,(H4,25,26,28,29). The second kappa shape index (κ2) is 7.81. The Morgan fingerprint density at radius 2 is 1.74 bits per heavy atom. The van der Waals surface area contributed by atoms with Crippen molar-refractivity contribution >= 4 is 28.9 Å². The molecular weight excluding hydrogens is 404 g/mol. The van der Waals surface area contributed by atoms with Crippen LogP contribution in [0.4, 0.5) is 5.69 Å². The first-order chi connectivity index (χ1) is 15.0. The highest BCUT2D eigenvalue weighted by molar-refractivity contribution is 7.13. The Balaban J connectivity index is 1.50.